The van der Waals surface area contributed by atoms with Crippen molar-refractivity contribution in [1.82, 2.24) is 0 Å². The molecule has 0 aliphatic heterocycles. The fourth-order valence-corrected chi connectivity index (χ4v) is 1.91. The van der Waals surface area contributed by atoms with Crippen LogP contribution in [-0.4, -0.2) is 6.21 Å². The molecule has 2 rings (SSSR count). The van der Waals surface area contributed by atoms with Crippen LogP contribution in [0.1, 0.15) is 12.5 Å². The van der Waals surface area contributed by atoms with Crippen molar-refractivity contribution in [2.75, 3.05) is 0 Å². The third kappa shape index (κ3) is 6.15. The minimum absolute atomic E-state index is 0.900. The minimum atomic E-state index is 0.900. The van der Waals surface area contributed by atoms with Crippen LogP contribution in [0.4, 0.5) is 0 Å². The lowest BCUT2D eigenvalue weighted by molar-refractivity contribution is 1.50. The van der Waals surface area contributed by atoms with Crippen molar-refractivity contribution in [2.45, 2.75) is 6.92 Å². The summed E-state index contributed by atoms with van der Waals surface area (Å²) in [6.45, 7) is 12.7. The van der Waals surface area contributed by atoms with E-state index in [0.29, 0.717) is 0 Å². The Labute approximate surface area is 139 Å². The van der Waals surface area contributed by atoms with Crippen LogP contribution in [0.3, 0.4) is 0 Å². The zero-order valence-electron chi connectivity index (χ0n) is 13.6. The molecule has 2 aromatic rings. The van der Waals surface area contributed by atoms with Crippen LogP contribution in [0.15, 0.2) is 98.1 Å². The summed E-state index contributed by atoms with van der Waals surface area (Å²) < 4.78 is 0. The van der Waals surface area contributed by atoms with E-state index in [4.69, 9.17) is 5.41 Å². The van der Waals surface area contributed by atoms with Gasteiger partial charge < -0.3 is 5.41 Å². The van der Waals surface area contributed by atoms with Crippen LogP contribution in [0, 0.1) is 5.41 Å². The van der Waals surface area contributed by atoms with Gasteiger partial charge in [0.25, 0.3) is 0 Å². The molecule has 0 atom stereocenters. The molecule has 0 amide bonds. The van der Waals surface area contributed by atoms with E-state index in [0.717, 1.165) is 16.7 Å². The molecule has 1 nitrogen and oxygen atoms in total. The lowest BCUT2D eigenvalue weighted by Crippen LogP contribution is -1.83. The summed E-state index contributed by atoms with van der Waals surface area (Å²) in [4.78, 5) is 0. The molecule has 0 fully saturated rings. The first-order valence-corrected chi connectivity index (χ1v) is 7.39. The zero-order valence-corrected chi connectivity index (χ0v) is 13.6. The molecule has 0 aliphatic carbocycles. The molecule has 0 heterocycles. The van der Waals surface area contributed by atoms with Gasteiger partial charge in [-0.3, -0.25) is 0 Å². The molecule has 0 unspecified atom stereocenters. The molecule has 23 heavy (non-hydrogen) atoms. The normalized spacial score (nSPS) is 10.0. The van der Waals surface area contributed by atoms with E-state index in [1.54, 1.807) is 12.2 Å². The molecule has 0 spiro atoms. The highest BCUT2D eigenvalue weighted by molar-refractivity contribution is 5.83. The summed E-state index contributed by atoms with van der Waals surface area (Å²) in [5, 5.41) is 7.18. The van der Waals surface area contributed by atoms with Gasteiger partial charge in [-0.05, 0) is 34.8 Å². The van der Waals surface area contributed by atoms with E-state index in [2.05, 4.69) is 56.1 Å². The molecule has 0 saturated heterocycles. The quantitative estimate of drug-likeness (QED) is 0.493. The fraction of sp³-hybridized carbons (Fsp3) is 0.0455. The van der Waals surface area contributed by atoms with E-state index >= 15 is 0 Å². The van der Waals surface area contributed by atoms with Crippen molar-refractivity contribution >= 4 is 11.8 Å². The second-order valence-electron chi connectivity index (χ2n) is 4.97. The second-order valence-corrected chi connectivity index (χ2v) is 4.97. The average molecular weight is 301 g/mol. The highest BCUT2D eigenvalue weighted by atomic mass is 14.3. The van der Waals surface area contributed by atoms with Crippen LogP contribution >= 0.6 is 0 Å². The fourth-order valence-electron chi connectivity index (χ4n) is 1.91. The summed E-state index contributed by atoms with van der Waals surface area (Å²) in [6, 6.07) is 18.6. The molecule has 1 heteroatoms. The van der Waals surface area contributed by atoms with Crippen molar-refractivity contribution in [1.29, 1.82) is 5.41 Å². The molecule has 2 aromatic carbocycles. The second kappa shape index (κ2) is 9.91. The van der Waals surface area contributed by atoms with Crippen molar-refractivity contribution in [3.8, 4) is 11.1 Å². The number of rotatable bonds is 5. The highest BCUT2D eigenvalue weighted by Gasteiger charge is 1.99. The molecule has 0 aliphatic rings. The summed E-state index contributed by atoms with van der Waals surface area (Å²) in [6.07, 6.45) is 6.54. The molecule has 116 valence electrons. The predicted octanol–water partition coefficient (Wildman–Crippen LogP) is 6.32. The largest absolute Gasteiger partial charge is 0.308 e. The first-order chi connectivity index (χ1) is 11.1. The van der Waals surface area contributed by atoms with Crippen LogP contribution in [0.2, 0.25) is 0 Å². The predicted molar refractivity (Wildman–Crippen MR) is 104 cm³/mol. The first kappa shape index (κ1) is 18.1. The molecule has 0 radical (unpaired) electrons. The average Bonchev–Trinajstić information content (AvgIpc) is 2.62. The van der Waals surface area contributed by atoms with E-state index in [9.17, 15) is 0 Å². The Hall–Kier alpha value is -2.93. The Morgan fingerprint density at radius 3 is 1.87 bits per heavy atom. The lowest BCUT2D eigenvalue weighted by Gasteiger charge is -2.05. The van der Waals surface area contributed by atoms with Gasteiger partial charge in [-0.1, -0.05) is 92.6 Å². The van der Waals surface area contributed by atoms with E-state index < -0.39 is 0 Å². The lowest BCUT2D eigenvalue weighted by atomic mass is 10.0. The third-order valence-corrected chi connectivity index (χ3v) is 3.16. The maximum Gasteiger partial charge on any atom is 0.0207 e. The summed E-state index contributed by atoms with van der Waals surface area (Å²) in [5.41, 5.74) is 5.33. The standard InChI is InChI=1S/C18H17N.C4H6/c1-14(13-19)12-15(2)16-8-10-18(11-9-16)17-6-4-3-5-7-17;1-3-4-2/h3-13,19H,2H2,1H3;3-4H,1-2H2/b14-12-,19-13?;. The summed E-state index contributed by atoms with van der Waals surface area (Å²) in [5.74, 6) is 0. The van der Waals surface area contributed by atoms with Gasteiger partial charge in [0.05, 0.1) is 0 Å². The Morgan fingerprint density at radius 2 is 1.39 bits per heavy atom. The first-order valence-electron chi connectivity index (χ1n) is 7.39. The van der Waals surface area contributed by atoms with Gasteiger partial charge in [0, 0.05) is 6.21 Å². The van der Waals surface area contributed by atoms with Crippen molar-refractivity contribution in [3.63, 3.8) is 0 Å². The van der Waals surface area contributed by atoms with E-state index in [1.165, 1.54) is 17.3 Å². The number of allylic oxidation sites excluding steroid dienone is 5. The van der Waals surface area contributed by atoms with E-state index in [-0.39, 0.29) is 0 Å². The molecular weight excluding hydrogens is 278 g/mol. The summed E-state index contributed by atoms with van der Waals surface area (Å²) in [7, 11) is 0. The minimum Gasteiger partial charge on any atom is -0.308 e. The zero-order chi connectivity index (χ0) is 17.1. The highest BCUT2D eigenvalue weighted by Crippen LogP contribution is 2.22. The van der Waals surface area contributed by atoms with E-state index in [1.807, 2.05) is 31.2 Å². The number of benzene rings is 2. The molecule has 0 saturated carbocycles. The number of hydrogen-bond acceptors (Lipinski definition) is 1. The Kier molecular flexibility index (Phi) is 7.81. The van der Waals surface area contributed by atoms with Crippen molar-refractivity contribution in [3.05, 3.63) is 104 Å². The molecule has 0 aromatic heterocycles. The topological polar surface area (TPSA) is 23.9 Å². The van der Waals surface area contributed by atoms with Crippen LogP contribution in [0.5, 0.6) is 0 Å². The van der Waals surface area contributed by atoms with Crippen molar-refractivity contribution in [2.24, 2.45) is 0 Å². The van der Waals surface area contributed by atoms with Crippen LogP contribution in [-0.2, 0) is 0 Å². The monoisotopic (exact) mass is 301 g/mol. The summed E-state index contributed by atoms with van der Waals surface area (Å²) >= 11 is 0. The number of nitrogens with one attached hydrogen (secondary N) is 1. The van der Waals surface area contributed by atoms with Gasteiger partial charge in [-0.25, -0.2) is 0 Å². The van der Waals surface area contributed by atoms with Gasteiger partial charge in [0.1, 0.15) is 0 Å². The molecule has 0 bridgehead atoms. The van der Waals surface area contributed by atoms with Gasteiger partial charge in [0.2, 0.25) is 0 Å². The third-order valence-electron chi connectivity index (χ3n) is 3.16. The Balaban J connectivity index is 0.000000593. The Morgan fingerprint density at radius 1 is 0.870 bits per heavy atom. The van der Waals surface area contributed by atoms with Gasteiger partial charge >= 0.3 is 0 Å². The maximum absolute atomic E-state index is 7.18. The van der Waals surface area contributed by atoms with Crippen LogP contribution in [0.25, 0.3) is 16.7 Å². The molecule has 1 N–H and O–H groups in total. The number of hydrogen-bond donors (Lipinski definition) is 1. The van der Waals surface area contributed by atoms with Crippen LogP contribution < -0.4 is 0 Å². The van der Waals surface area contributed by atoms with Gasteiger partial charge in [0.15, 0.2) is 0 Å². The van der Waals surface area contributed by atoms with Gasteiger partial charge in [-0.2, -0.15) is 0 Å². The SMILES string of the molecule is C=C(/C=C(/C)C=N)c1ccc(-c2ccccc2)cc1.C=CC=C. The van der Waals surface area contributed by atoms with Crippen molar-refractivity contribution < 1.29 is 0 Å². The Bertz CT molecular complexity index is 683. The molecular formula is C22H23N. The maximum atomic E-state index is 7.18. The van der Waals surface area contributed by atoms with Gasteiger partial charge in [-0.15, -0.1) is 0 Å². The smallest absolute Gasteiger partial charge is 0.0207 e.